The van der Waals surface area contributed by atoms with Gasteiger partial charge in [0.1, 0.15) is 0 Å². The number of rotatable bonds is 6. The van der Waals surface area contributed by atoms with Crippen LogP contribution in [0.4, 0.5) is 5.95 Å². The second kappa shape index (κ2) is 9.02. The topological polar surface area (TPSA) is 87.9 Å². The van der Waals surface area contributed by atoms with Crippen LogP contribution < -0.4 is 4.90 Å². The van der Waals surface area contributed by atoms with E-state index in [1.54, 1.807) is 0 Å². The Balaban J connectivity index is 1.26. The lowest BCUT2D eigenvalue weighted by atomic mass is 10.1. The number of aromatic nitrogens is 3. The number of pyridine rings is 1. The zero-order chi connectivity index (χ0) is 24.0. The quantitative estimate of drug-likeness (QED) is 0.524. The summed E-state index contributed by atoms with van der Waals surface area (Å²) in [6.45, 7) is 1.91. The molecular weight excluding hydrogens is 462 g/mol. The van der Waals surface area contributed by atoms with E-state index in [9.17, 15) is 13.2 Å². The average molecular weight is 494 g/mol. The Morgan fingerprint density at radius 1 is 0.971 bits per heavy atom. The zero-order valence-corrected chi connectivity index (χ0v) is 20.7. The lowest BCUT2D eigenvalue weighted by molar-refractivity contribution is -0.120. The number of anilines is 1. The number of hydrogen-bond acceptors (Lipinski definition) is 6. The van der Waals surface area contributed by atoms with Crippen molar-refractivity contribution in [2.45, 2.75) is 51.1 Å². The lowest BCUT2D eigenvalue weighted by Gasteiger charge is -2.26. The molecule has 35 heavy (non-hydrogen) atoms. The summed E-state index contributed by atoms with van der Waals surface area (Å²) in [7, 11) is -2.87. The molecule has 0 N–H and O–H groups in total. The van der Waals surface area contributed by atoms with Crippen molar-refractivity contribution in [2.75, 3.05) is 29.5 Å². The van der Waals surface area contributed by atoms with Crippen LogP contribution in [0.25, 0.3) is 16.9 Å². The minimum Gasteiger partial charge on any atom is -0.297 e. The molecule has 1 amide bonds. The average Bonchev–Trinajstić information content (AvgIpc) is 3.40. The third-order valence-electron chi connectivity index (χ3n) is 7.51. The first kappa shape index (κ1) is 22.7. The summed E-state index contributed by atoms with van der Waals surface area (Å²) in [6.07, 6.45) is 6.28. The van der Waals surface area contributed by atoms with Crippen LogP contribution in [0.15, 0.2) is 42.5 Å². The maximum Gasteiger partial charge on any atom is 0.252 e. The molecule has 1 saturated heterocycles. The summed E-state index contributed by atoms with van der Waals surface area (Å²) >= 11 is 0. The molecule has 3 heterocycles. The number of carbonyl (C=O) groups is 1. The molecule has 2 aliphatic carbocycles. The molecule has 1 aliphatic heterocycles. The van der Waals surface area contributed by atoms with Crippen LogP contribution in [0.5, 0.6) is 0 Å². The van der Waals surface area contributed by atoms with Crippen LogP contribution in [0.1, 0.15) is 44.1 Å². The summed E-state index contributed by atoms with van der Waals surface area (Å²) in [5.41, 5.74) is 3.85. The zero-order valence-electron chi connectivity index (χ0n) is 19.8. The monoisotopic (exact) mass is 493 g/mol. The normalized spacial score (nSPS) is 20.9. The van der Waals surface area contributed by atoms with Crippen LogP contribution in [-0.2, 0) is 21.2 Å². The maximum absolute atomic E-state index is 13.2. The van der Waals surface area contributed by atoms with Crippen molar-refractivity contribution in [1.82, 2.24) is 19.5 Å². The van der Waals surface area contributed by atoms with Gasteiger partial charge in [-0.05, 0) is 43.4 Å². The minimum absolute atomic E-state index is 0.134. The van der Waals surface area contributed by atoms with E-state index in [2.05, 4.69) is 29.2 Å². The number of hydrogen-bond donors (Lipinski definition) is 0. The molecule has 6 rings (SSSR count). The van der Waals surface area contributed by atoms with Crippen molar-refractivity contribution in [2.24, 2.45) is 5.92 Å². The predicted molar refractivity (Wildman–Crippen MR) is 135 cm³/mol. The van der Waals surface area contributed by atoms with E-state index in [1.165, 1.54) is 0 Å². The molecule has 3 aliphatic rings. The molecule has 9 heteroatoms. The highest BCUT2D eigenvalue weighted by molar-refractivity contribution is 7.91. The van der Waals surface area contributed by atoms with Gasteiger partial charge in [0.15, 0.2) is 15.5 Å². The number of nitrogens with zero attached hydrogens (tertiary/aromatic N) is 5. The van der Waals surface area contributed by atoms with Gasteiger partial charge in [-0.1, -0.05) is 43.2 Å². The van der Waals surface area contributed by atoms with E-state index >= 15 is 0 Å². The summed E-state index contributed by atoms with van der Waals surface area (Å²) in [5, 5.41) is 4.84. The third-order valence-corrected chi connectivity index (χ3v) is 9.12. The Morgan fingerprint density at radius 2 is 1.69 bits per heavy atom. The first-order chi connectivity index (χ1) is 17.0. The van der Waals surface area contributed by atoms with Crippen LogP contribution in [0.3, 0.4) is 0 Å². The second-order valence-corrected chi connectivity index (χ2v) is 12.4. The summed E-state index contributed by atoms with van der Waals surface area (Å²) in [4.78, 5) is 22.0. The van der Waals surface area contributed by atoms with Gasteiger partial charge in [0.05, 0.1) is 17.2 Å². The van der Waals surface area contributed by atoms with Gasteiger partial charge in [0.25, 0.3) is 5.95 Å². The highest BCUT2D eigenvalue weighted by Crippen LogP contribution is 2.36. The summed E-state index contributed by atoms with van der Waals surface area (Å²) in [6, 6.07) is 14.5. The van der Waals surface area contributed by atoms with Crippen LogP contribution in [0, 0.1) is 5.92 Å². The van der Waals surface area contributed by atoms with Crippen LogP contribution in [0.2, 0.25) is 0 Å². The summed E-state index contributed by atoms with van der Waals surface area (Å²) in [5.74, 6) is 1.32. The van der Waals surface area contributed by atoms with Gasteiger partial charge in [-0.15, -0.1) is 5.10 Å². The highest BCUT2D eigenvalue weighted by Gasteiger charge is 2.39. The van der Waals surface area contributed by atoms with E-state index in [-0.39, 0.29) is 29.4 Å². The van der Waals surface area contributed by atoms with E-state index in [0.29, 0.717) is 19.0 Å². The van der Waals surface area contributed by atoms with E-state index in [4.69, 9.17) is 10.1 Å². The fourth-order valence-electron chi connectivity index (χ4n) is 5.29. The van der Waals surface area contributed by atoms with Crippen LogP contribution >= 0.6 is 0 Å². The first-order valence-electron chi connectivity index (χ1n) is 12.7. The van der Waals surface area contributed by atoms with Crippen molar-refractivity contribution >= 4 is 27.3 Å². The molecule has 8 nitrogen and oxygen atoms in total. The smallest absolute Gasteiger partial charge is 0.252 e. The molecule has 3 fully saturated rings. The molecule has 0 spiro atoms. The Morgan fingerprint density at radius 3 is 2.37 bits per heavy atom. The van der Waals surface area contributed by atoms with Gasteiger partial charge in [0.2, 0.25) is 5.91 Å². The Bertz CT molecular complexity index is 1330. The number of benzene rings is 1. The van der Waals surface area contributed by atoms with Gasteiger partial charge in [-0.25, -0.2) is 12.9 Å². The maximum atomic E-state index is 13.2. The third kappa shape index (κ3) is 4.71. The van der Waals surface area contributed by atoms with Gasteiger partial charge < -0.3 is 0 Å². The molecule has 2 aromatic heterocycles. The lowest BCUT2D eigenvalue weighted by Crippen LogP contribution is -2.40. The molecule has 0 radical (unpaired) electrons. The fourth-order valence-corrected chi connectivity index (χ4v) is 6.57. The number of amides is 1. The van der Waals surface area contributed by atoms with Gasteiger partial charge >= 0.3 is 0 Å². The van der Waals surface area contributed by atoms with Gasteiger partial charge in [0, 0.05) is 37.2 Å². The molecule has 0 atom stereocenters. The molecule has 2 saturated carbocycles. The Hall–Kier alpha value is -2.78. The largest absolute Gasteiger partial charge is 0.297 e. The van der Waals surface area contributed by atoms with Crippen molar-refractivity contribution in [3.8, 4) is 11.3 Å². The number of carbonyl (C=O) groups excluding carboxylic acids is 1. The van der Waals surface area contributed by atoms with Crippen molar-refractivity contribution < 1.29 is 13.2 Å². The second-order valence-electron chi connectivity index (χ2n) is 10.1. The predicted octanol–water partition coefficient (Wildman–Crippen LogP) is 3.31. The molecule has 184 valence electrons. The van der Waals surface area contributed by atoms with Gasteiger partial charge in [-0.3, -0.25) is 14.6 Å². The SMILES string of the molecule is O=C(C1CC1)N(c1nc2cccc(-c3ccc(CN4CCS(=O)(=O)CC4)cc3)n2n1)C1CCCC1. The highest BCUT2D eigenvalue weighted by atomic mass is 32.2. The van der Waals surface area contributed by atoms with Crippen molar-refractivity contribution in [3.05, 3.63) is 48.0 Å². The van der Waals surface area contributed by atoms with Crippen molar-refractivity contribution in [3.63, 3.8) is 0 Å². The molecular formula is C26H31N5O3S. The molecule has 0 bridgehead atoms. The number of sulfone groups is 1. The molecule has 3 aromatic rings. The van der Waals surface area contributed by atoms with Gasteiger partial charge in [-0.2, -0.15) is 4.98 Å². The Labute approximate surface area is 205 Å². The van der Waals surface area contributed by atoms with E-state index < -0.39 is 9.84 Å². The Kier molecular flexibility index (Phi) is 5.84. The molecule has 0 unspecified atom stereocenters. The first-order valence-corrected chi connectivity index (χ1v) is 14.5. The molecule has 1 aromatic carbocycles. The van der Waals surface area contributed by atoms with Crippen molar-refractivity contribution in [1.29, 1.82) is 0 Å². The van der Waals surface area contributed by atoms with E-state index in [0.717, 1.165) is 67.5 Å². The summed E-state index contributed by atoms with van der Waals surface area (Å²) < 4.78 is 25.2. The standard InChI is InChI=1S/C26H31N5O3S/c32-25(21-12-13-21)30(22-4-1-2-5-22)26-27-24-7-3-6-23(31(24)28-26)20-10-8-19(9-11-20)18-29-14-16-35(33,34)17-15-29/h3,6-11,21-22H,1-2,4-5,12-18H2. The number of fused-ring (bicyclic) bond motifs is 1. The fraction of sp³-hybridized carbons (Fsp3) is 0.500. The van der Waals surface area contributed by atoms with Crippen LogP contribution in [-0.4, -0.2) is 64.5 Å². The van der Waals surface area contributed by atoms with E-state index in [1.807, 2.05) is 27.6 Å². The minimum atomic E-state index is -2.87.